The fraction of sp³-hybridized carbons (Fsp3) is 0.579. The van der Waals surface area contributed by atoms with Gasteiger partial charge in [-0.1, -0.05) is 12.1 Å². The average Bonchev–Trinajstić information content (AvgIpc) is 3.02. The smallest absolute Gasteiger partial charge is 0.389 e. The highest BCUT2D eigenvalue weighted by molar-refractivity contribution is 5.77. The second kappa shape index (κ2) is 6.60. The van der Waals surface area contributed by atoms with Crippen LogP contribution in [0.15, 0.2) is 29.1 Å². The summed E-state index contributed by atoms with van der Waals surface area (Å²) in [6.45, 7) is -0.262. The lowest BCUT2D eigenvalue weighted by molar-refractivity contribution is -0.142. The molecule has 1 atom stereocenters. The Morgan fingerprint density at radius 1 is 1.22 bits per heavy atom. The highest BCUT2D eigenvalue weighted by Crippen LogP contribution is 2.38. The van der Waals surface area contributed by atoms with Gasteiger partial charge >= 0.3 is 6.18 Å². The van der Waals surface area contributed by atoms with Gasteiger partial charge in [-0.15, -0.1) is 0 Å². The number of halogens is 3. The minimum Gasteiger partial charge on any atom is -0.389 e. The van der Waals surface area contributed by atoms with E-state index in [4.69, 9.17) is 0 Å². The fourth-order valence-corrected chi connectivity index (χ4v) is 4.20. The quantitative estimate of drug-likeness (QED) is 0.885. The molecule has 2 aromatic rings. The molecule has 1 aliphatic heterocycles. The summed E-state index contributed by atoms with van der Waals surface area (Å²) in [5.74, 6) is 0.149. The molecule has 1 unspecified atom stereocenters. The Bertz CT molecular complexity index is 905. The van der Waals surface area contributed by atoms with Crippen molar-refractivity contribution in [2.75, 3.05) is 13.1 Å². The Hall–Kier alpha value is -1.93. The van der Waals surface area contributed by atoms with Gasteiger partial charge in [0.2, 0.25) is 0 Å². The molecule has 1 aliphatic carbocycles. The van der Waals surface area contributed by atoms with Crippen LogP contribution < -0.4 is 5.56 Å². The van der Waals surface area contributed by atoms with E-state index in [0.29, 0.717) is 37.9 Å². The number of aliphatic hydroxyl groups is 1. The minimum absolute atomic E-state index is 0.149. The Labute approximate surface area is 154 Å². The van der Waals surface area contributed by atoms with Gasteiger partial charge in [0.15, 0.2) is 0 Å². The van der Waals surface area contributed by atoms with Gasteiger partial charge in [-0.3, -0.25) is 14.3 Å². The normalized spacial score (nSPS) is 22.9. The highest BCUT2D eigenvalue weighted by atomic mass is 19.4. The molecule has 0 bridgehead atoms. The van der Waals surface area contributed by atoms with Crippen molar-refractivity contribution in [3.8, 4) is 0 Å². The van der Waals surface area contributed by atoms with Crippen molar-refractivity contribution in [3.63, 3.8) is 0 Å². The highest BCUT2D eigenvalue weighted by Gasteiger charge is 2.41. The summed E-state index contributed by atoms with van der Waals surface area (Å²) in [4.78, 5) is 19.3. The molecule has 1 saturated heterocycles. The molecule has 2 aliphatic rings. The summed E-state index contributed by atoms with van der Waals surface area (Å²) >= 11 is 0. The molecular weight excluding hydrogens is 359 g/mol. The van der Waals surface area contributed by atoms with E-state index < -0.39 is 29.9 Å². The molecule has 0 amide bonds. The van der Waals surface area contributed by atoms with Gasteiger partial charge in [0, 0.05) is 6.54 Å². The number of aromatic nitrogens is 2. The molecule has 1 saturated carbocycles. The Balaban J connectivity index is 1.79. The first-order chi connectivity index (χ1) is 12.8. The van der Waals surface area contributed by atoms with Crippen LogP contribution in [0.5, 0.6) is 0 Å². The first kappa shape index (κ1) is 18.4. The predicted molar refractivity (Wildman–Crippen MR) is 94.4 cm³/mol. The third-order valence-electron chi connectivity index (χ3n) is 5.67. The first-order valence-electron chi connectivity index (χ1n) is 9.28. The van der Waals surface area contributed by atoms with E-state index in [2.05, 4.69) is 4.98 Å². The molecule has 5 nitrogen and oxygen atoms in total. The first-order valence-corrected chi connectivity index (χ1v) is 9.28. The lowest BCUT2D eigenvalue weighted by Gasteiger charge is -2.41. The largest absolute Gasteiger partial charge is 0.406 e. The number of β-amino-alcohol motifs (C(OH)–C–C–N with tert-alkyl or cyclic N) is 1. The molecular formula is C19H22F3N3O2. The molecule has 1 aromatic carbocycles. The van der Waals surface area contributed by atoms with Crippen LogP contribution >= 0.6 is 0 Å². The number of para-hydroxylation sites is 1. The summed E-state index contributed by atoms with van der Waals surface area (Å²) in [6, 6.07) is 6.10. The summed E-state index contributed by atoms with van der Waals surface area (Å²) in [5, 5.41) is 10.7. The molecule has 1 N–H and O–H groups in total. The van der Waals surface area contributed by atoms with E-state index in [0.717, 1.165) is 17.4 Å². The van der Waals surface area contributed by atoms with Crippen LogP contribution in [0.25, 0.3) is 10.9 Å². The fourth-order valence-electron chi connectivity index (χ4n) is 4.20. The zero-order chi connectivity index (χ0) is 19.2. The van der Waals surface area contributed by atoms with Crippen molar-refractivity contribution in [2.24, 2.45) is 0 Å². The number of alkyl halides is 3. The molecule has 2 fully saturated rings. The van der Waals surface area contributed by atoms with Crippen LogP contribution in [0, 0.1) is 0 Å². The van der Waals surface area contributed by atoms with E-state index >= 15 is 0 Å². The Morgan fingerprint density at radius 2 is 1.96 bits per heavy atom. The number of fused-ring (bicyclic) bond motifs is 1. The van der Waals surface area contributed by atoms with Gasteiger partial charge in [0.25, 0.3) is 5.56 Å². The third-order valence-corrected chi connectivity index (χ3v) is 5.67. The SMILES string of the molecule is O=c1c2ccccc2nc(C2CCCN2CC2(O)CCC2)n1CC(F)(F)F. The Kier molecular flexibility index (Phi) is 4.50. The van der Waals surface area contributed by atoms with E-state index in [-0.39, 0.29) is 11.2 Å². The lowest BCUT2D eigenvalue weighted by atomic mass is 9.80. The number of likely N-dealkylation sites (tertiary alicyclic amines) is 1. The van der Waals surface area contributed by atoms with Gasteiger partial charge in [-0.25, -0.2) is 4.98 Å². The standard InChI is InChI=1S/C19H22F3N3O2/c20-19(21,22)12-25-16(23-14-6-2-1-5-13(14)17(25)26)15-7-3-10-24(15)11-18(27)8-4-9-18/h1-2,5-6,15,27H,3-4,7-12H2. The van der Waals surface area contributed by atoms with Crippen molar-refractivity contribution in [1.29, 1.82) is 0 Å². The average molecular weight is 381 g/mol. The molecule has 27 heavy (non-hydrogen) atoms. The summed E-state index contributed by atoms with van der Waals surface area (Å²) in [6.07, 6.45) is -0.720. The van der Waals surface area contributed by atoms with Crippen LogP contribution in [0.2, 0.25) is 0 Å². The van der Waals surface area contributed by atoms with E-state index in [9.17, 15) is 23.1 Å². The summed E-state index contributed by atoms with van der Waals surface area (Å²) in [7, 11) is 0. The van der Waals surface area contributed by atoms with Crippen molar-refractivity contribution >= 4 is 10.9 Å². The maximum Gasteiger partial charge on any atom is 0.406 e. The van der Waals surface area contributed by atoms with E-state index in [1.165, 1.54) is 6.07 Å². The minimum atomic E-state index is -4.52. The molecule has 4 rings (SSSR count). The maximum atomic E-state index is 13.2. The van der Waals surface area contributed by atoms with Gasteiger partial charge in [0.05, 0.1) is 22.5 Å². The van der Waals surface area contributed by atoms with Gasteiger partial charge < -0.3 is 5.11 Å². The molecule has 146 valence electrons. The second-order valence-corrected chi connectivity index (χ2v) is 7.70. The molecule has 8 heteroatoms. The van der Waals surface area contributed by atoms with Gasteiger partial charge in [-0.2, -0.15) is 13.2 Å². The molecule has 2 heterocycles. The number of hydrogen-bond acceptors (Lipinski definition) is 4. The van der Waals surface area contributed by atoms with Gasteiger partial charge in [0.1, 0.15) is 12.4 Å². The zero-order valence-electron chi connectivity index (χ0n) is 14.9. The summed E-state index contributed by atoms with van der Waals surface area (Å²) < 4.78 is 40.3. The van der Waals surface area contributed by atoms with Crippen LogP contribution in [-0.2, 0) is 6.54 Å². The Morgan fingerprint density at radius 3 is 2.63 bits per heavy atom. The lowest BCUT2D eigenvalue weighted by Crippen LogP contribution is -2.48. The molecule has 0 radical (unpaired) electrons. The summed E-state index contributed by atoms with van der Waals surface area (Å²) in [5.41, 5.74) is -1.03. The predicted octanol–water partition coefficient (Wildman–Crippen LogP) is 3.01. The van der Waals surface area contributed by atoms with Crippen LogP contribution in [-0.4, -0.2) is 44.4 Å². The van der Waals surface area contributed by atoms with Crippen molar-refractivity contribution in [2.45, 2.75) is 56.5 Å². The van der Waals surface area contributed by atoms with Crippen LogP contribution in [0.3, 0.4) is 0 Å². The van der Waals surface area contributed by atoms with Crippen molar-refractivity contribution < 1.29 is 18.3 Å². The monoisotopic (exact) mass is 381 g/mol. The number of benzene rings is 1. The zero-order valence-corrected chi connectivity index (χ0v) is 14.9. The number of nitrogens with zero attached hydrogens (tertiary/aromatic N) is 3. The second-order valence-electron chi connectivity index (χ2n) is 7.70. The van der Waals surface area contributed by atoms with Crippen molar-refractivity contribution in [3.05, 3.63) is 40.4 Å². The van der Waals surface area contributed by atoms with Crippen LogP contribution in [0.4, 0.5) is 13.2 Å². The molecule has 1 aromatic heterocycles. The van der Waals surface area contributed by atoms with Crippen molar-refractivity contribution in [1.82, 2.24) is 14.5 Å². The number of rotatable bonds is 4. The maximum absolute atomic E-state index is 13.2. The topological polar surface area (TPSA) is 58.4 Å². The van der Waals surface area contributed by atoms with E-state index in [1.807, 2.05) is 4.90 Å². The van der Waals surface area contributed by atoms with Gasteiger partial charge in [-0.05, 0) is 50.8 Å². The third kappa shape index (κ3) is 3.60. The van der Waals surface area contributed by atoms with E-state index in [1.54, 1.807) is 18.2 Å². The number of hydrogen-bond donors (Lipinski definition) is 1. The molecule has 0 spiro atoms. The van der Waals surface area contributed by atoms with Crippen LogP contribution in [0.1, 0.15) is 44.0 Å².